The lowest BCUT2D eigenvalue weighted by molar-refractivity contribution is 0.106. The van der Waals surface area contributed by atoms with Crippen LogP contribution < -0.4 is 0 Å². The first kappa shape index (κ1) is 14.4. The molecule has 0 amide bonds. The minimum absolute atomic E-state index is 0.356. The van der Waals surface area contributed by atoms with Crippen molar-refractivity contribution in [2.75, 3.05) is 6.54 Å². The van der Waals surface area contributed by atoms with Gasteiger partial charge in [-0.15, -0.1) is 0 Å². The van der Waals surface area contributed by atoms with E-state index in [1.54, 1.807) is 0 Å². The highest BCUT2D eigenvalue weighted by atomic mass is 16.3. The maximum atomic E-state index is 10.1. The number of rotatable bonds is 5. The van der Waals surface area contributed by atoms with Crippen molar-refractivity contribution in [1.82, 2.24) is 4.90 Å². The van der Waals surface area contributed by atoms with E-state index in [4.69, 9.17) is 0 Å². The van der Waals surface area contributed by atoms with E-state index in [2.05, 4.69) is 24.8 Å². The molecule has 1 fully saturated rings. The standard InChI is InChI=1S/C17H27NO/c1-3-16(15-12-8-9-13-17(15)19)18(4-2)14-10-6-5-7-11-14/h8-9,12-14,16,19H,3-7,10-11H2,1-2H3. The third-order valence-corrected chi connectivity index (χ3v) is 4.49. The summed E-state index contributed by atoms with van der Waals surface area (Å²) in [7, 11) is 0. The van der Waals surface area contributed by atoms with E-state index in [-0.39, 0.29) is 0 Å². The fraction of sp³-hybridized carbons (Fsp3) is 0.647. The van der Waals surface area contributed by atoms with Gasteiger partial charge in [-0.05, 0) is 31.9 Å². The highest BCUT2D eigenvalue weighted by molar-refractivity contribution is 5.34. The Hall–Kier alpha value is -1.02. The number of hydrogen-bond donors (Lipinski definition) is 1. The number of benzene rings is 1. The maximum Gasteiger partial charge on any atom is 0.120 e. The molecule has 0 bridgehead atoms. The smallest absolute Gasteiger partial charge is 0.120 e. The van der Waals surface area contributed by atoms with Crippen LogP contribution in [0.5, 0.6) is 5.75 Å². The molecule has 1 aromatic rings. The average molecular weight is 261 g/mol. The molecule has 0 aromatic heterocycles. The van der Waals surface area contributed by atoms with Crippen molar-refractivity contribution >= 4 is 0 Å². The number of phenols is 1. The highest BCUT2D eigenvalue weighted by Gasteiger charge is 2.27. The van der Waals surface area contributed by atoms with E-state index in [0.717, 1.165) is 18.5 Å². The average Bonchev–Trinajstić information content (AvgIpc) is 2.46. The van der Waals surface area contributed by atoms with Gasteiger partial charge in [-0.1, -0.05) is 51.3 Å². The number of hydrogen-bond acceptors (Lipinski definition) is 2. The zero-order valence-corrected chi connectivity index (χ0v) is 12.3. The Morgan fingerprint density at radius 1 is 1.16 bits per heavy atom. The molecule has 1 aromatic carbocycles. The van der Waals surface area contributed by atoms with E-state index < -0.39 is 0 Å². The molecule has 0 heterocycles. The first-order chi connectivity index (χ1) is 9.27. The van der Waals surface area contributed by atoms with Crippen LogP contribution in [-0.4, -0.2) is 22.6 Å². The minimum Gasteiger partial charge on any atom is -0.508 e. The van der Waals surface area contributed by atoms with Crippen LogP contribution in [0.4, 0.5) is 0 Å². The molecular formula is C17H27NO. The fourth-order valence-corrected chi connectivity index (χ4v) is 3.55. The molecule has 106 valence electrons. The second-order valence-corrected chi connectivity index (χ2v) is 5.61. The van der Waals surface area contributed by atoms with Crippen LogP contribution in [0.25, 0.3) is 0 Å². The molecule has 1 unspecified atom stereocenters. The maximum absolute atomic E-state index is 10.1. The summed E-state index contributed by atoms with van der Waals surface area (Å²) < 4.78 is 0. The van der Waals surface area contributed by atoms with Crippen molar-refractivity contribution in [1.29, 1.82) is 0 Å². The zero-order valence-electron chi connectivity index (χ0n) is 12.3. The SMILES string of the molecule is CCC(c1ccccc1O)N(CC)C1CCCCC1. The summed E-state index contributed by atoms with van der Waals surface area (Å²) in [4.78, 5) is 2.61. The van der Waals surface area contributed by atoms with E-state index in [0.29, 0.717) is 17.8 Å². The molecule has 0 saturated heterocycles. The van der Waals surface area contributed by atoms with Gasteiger partial charge >= 0.3 is 0 Å². The van der Waals surface area contributed by atoms with Crippen LogP contribution in [0.3, 0.4) is 0 Å². The largest absolute Gasteiger partial charge is 0.508 e. The second kappa shape index (κ2) is 6.95. The van der Waals surface area contributed by atoms with E-state index in [9.17, 15) is 5.11 Å². The molecular weight excluding hydrogens is 234 g/mol. The zero-order chi connectivity index (χ0) is 13.7. The van der Waals surface area contributed by atoms with Gasteiger partial charge in [0, 0.05) is 17.6 Å². The summed E-state index contributed by atoms with van der Waals surface area (Å²) in [6.45, 7) is 5.54. The molecule has 19 heavy (non-hydrogen) atoms. The minimum atomic E-state index is 0.356. The van der Waals surface area contributed by atoms with Crippen LogP contribution in [0.1, 0.15) is 64.0 Å². The summed E-state index contributed by atoms with van der Waals surface area (Å²) in [5.74, 6) is 0.448. The Morgan fingerprint density at radius 3 is 2.42 bits per heavy atom. The summed E-state index contributed by atoms with van der Waals surface area (Å²) in [6, 6.07) is 8.88. The van der Waals surface area contributed by atoms with Crippen molar-refractivity contribution in [2.24, 2.45) is 0 Å². The lowest BCUT2D eigenvalue weighted by Gasteiger charge is -2.39. The van der Waals surface area contributed by atoms with E-state index in [1.165, 1.54) is 32.1 Å². The summed E-state index contributed by atoms with van der Waals surface area (Å²) in [6.07, 6.45) is 7.80. The first-order valence-electron chi connectivity index (χ1n) is 7.81. The Bertz CT molecular complexity index is 385. The van der Waals surface area contributed by atoms with Crippen molar-refractivity contribution in [3.05, 3.63) is 29.8 Å². The van der Waals surface area contributed by atoms with Gasteiger partial charge in [-0.2, -0.15) is 0 Å². The van der Waals surface area contributed by atoms with Crippen molar-refractivity contribution in [3.8, 4) is 5.75 Å². The van der Waals surface area contributed by atoms with Gasteiger partial charge in [0.2, 0.25) is 0 Å². The molecule has 2 heteroatoms. The molecule has 1 saturated carbocycles. The lowest BCUT2D eigenvalue weighted by atomic mass is 9.91. The highest BCUT2D eigenvalue weighted by Crippen LogP contribution is 2.35. The first-order valence-corrected chi connectivity index (χ1v) is 7.81. The number of aromatic hydroxyl groups is 1. The van der Waals surface area contributed by atoms with E-state index in [1.807, 2.05) is 18.2 Å². The van der Waals surface area contributed by atoms with Crippen molar-refractivity contribution in [2.45, 2.75) is 64.5 Å². The van der Waals surface area contributed by atoms with Gasteiger partial charge in [0.15, 0.2) is 0 Å². The molecule has 2 nitrogen and oxygen atoms in total. The molecule has 0 aliphatic heterocycles. The van der Waals surface area contributed by atoms with Crippen LogP contribution >= 0.6 is 0 Å². The van der Waals surface area contributed by atoms with Gasteiger partial charge in [0.05, 0.1) is 0 Å². The Balaban J connectivity index is 2.20. The normalized spacial score (nSPS) is 18.7. The van der Waals surface area contributed by atoms with Gasteiger partial charge in [-0.3, -0.25) is 4.90 Å². The topological polar surface area (TPSA) is 23.5 Å². The third-order valence-electron chi connectivity index (χ3n) is 4.49. The summed E-state index contributed by atoms with van der Waals surface area (Å²) in [5, 5.41) is 10.1. The predicted octanol–water partition coefficient (Wildman–Crippen LogP) is 4.50. The molecule has 1 aliphatic rings. The lowest BCUT2D eigenvalue weighted by Crippen LogP contribution is -2.39. The second-order valence-electron chi connectivity index (χ2n) is 5.61. The van der Waals surface area contributed by atoms with Crippen molar-refractivity contribution in [3.63, 3.8) is 0 Å². The Kier molecular flexibility index (Phi) is 5.26. The van der Waals surface area contributed by atoms with Crippen LogP contribution in [0, 0.1) is 0 Å². The molecule has 0 spiro atoms. The van der Waals surface area contributed by atoms with Gasteiger partial charge < -0.3 is 5.11 Å². The Morgan fingerprint density at radius 2 is 1.84 bits per heavy atom. The molecule has 1 N–H and O–H groups in total. The fourth-order valence-electron chi connectivity index (χ4n) is 3.55. The molecule has 0 radical (unpaired) electrons. The van der Waals surface area contributed by atoms with E-state index >= 15 is 0 Å². The predicted molar refractivity (Wildman–Crippen MR) is 80.4 cm³/mol. The van der Waals surface area contributed by atoms with Crippen molar-refractivity contribution < 1.29 is 5.11 Å². The number of nitrogens with zero attached hydrogens (tertiary/aromatic N) is 1. The van der Waals surface area contributed by atoms with Crippen LogP contribution in [0.15, 0.2) is 24.3 Å². The van der Waals surface area contributed by atoms with Gasteiger partial charge in [0.1, 0.15) is 5.75 Å². The Labute approximate surface area is 117 Å². The molecule has 1 aliphatic carbocycles. The molecule has 1 atom stereocenters. The number of phenolic OH excluding ortho intramolecular Hbond substituents is 1. The molecule has 2 rings (SSSR count). The number of para-hydroxylation sites is 1. The third kappa shape index (κ3) is 3.30. The van der Waals surface area contributed by atoms with Gasteiger partial charge in [-0.25, -0.2) is 0 Å². The monoisotopic (exact) mass is 261 g/mol. The van der Waals surface area contributed by atoms with Gasteiger partial charge in [0.25, 0.3) is 0 Å². The summed E-state index contributed by atoms with van der Waals surface area (Å²) >= 11 is 0. The van der Waals surface area contributed by atoms with Crippen LogP contribution in [-0.2, 0) is 0 Å². The quantitative estimate of drug-likeness (QED) is 0.843. The van der Waals surface area contributed by atoms with Crippen LogP contribution in [0.2, 0.25) is 0 Å². The summed E-state index contributed by atoms with van der Waals surface area (Å²) in [5.41, 5.74) is 1.09.